The van der Waals surface area contributed by atoms with Crippen LogP contribution in [0.15, 0.2) is 18.2 Å². The van der Waals surface area contributed by atoms with E-state index < -0.39 is 0 Å². The molecule has 0 radical (unpaired) electrons. The van der Waals surface area contributed by atoms with Gasteiger partial charge in [-0.3, -0.25) is 14.5 Å². The zero-order valence-corrected chi connectivity index (χ0v) is 14.4. The van der Waals surface area contributed by atoms with E-state index in [2.05, 4.69) is 5.32 Å². The summed E-state index contributed by atoms with van der Waals surface area (Å²) in [4.78, 5) is 27.9. The van der Waals surface area contributed by atoms with Crippen molar-refractivity contribution >= 4 is 29.1 Å². The van der Waals surface area contributed by atoms with Crippen LogP contribution >= 0.6 is 11.6 Å². The second-order valence-electron chi connectivity index (χ2n) is 5.75. The normalized spacial score (nSPS) is 17.8. The first kappa shape index (κ1) is 17.6. The van der Waals surface area contributed by atoms with Crippen LogP contribution in [0.5, 0.6) is 5.75 Å². The quantitative estimate of drug-likeness (QED) is 0.889. The van der Waals surface area contributed by atoms with E-state index in [4.69, 9.17) is 16.3 Å². The van der Waals surface area contributed by atoms with Crippen molar-refractivity contribution in [3.8, 4) is 5.75 Å². The maximum absolute atomic E-state index is 12.3. The van der Waals surface area contributed by atoms with Gasteiger partial charge in [0.15, 0.2) is 0 Å². The van der Waals surface area contributed by atoms with Gasteiger partial charge in [-0.1, -0.05) is 11.6 Å². The lowest BCUT2D eigenvalue weighted by atomic mass is 10.2. The average Bonchev–Trinajstić information content (AvgIpc) is 2.94. The van der Waals surface area contributed by atoms with Gasteiger partial charge in [0.25, 0.3) is 0 Å². The Morgan fingerprint density at radius 2 is 2.17 bits per heavy atom. The van der Waals surface area contributed by atoms with Gasteiger partial charge in [-0.15, -0.1) is 0 Å². The van der Waals surface area contributed by atoms with E-state index in [9.17, 15) is 9.59 Å². The summed E-state index contributed by atoms with van der Waals surface area (Å²) in [6, 6.07) is 4.82. The Kier molecular flexibility index (Phi) is 5.85. The van der Waals surface area contributed by atoms with E-state index in [0.29, 0.717) is 16.5 Å². The molecule has 1 atom stereocenters. The summed E-state index contributed by atoms with van der Waals surface area (Å²) in [6.07, 6.45) is 1.70. The van der Waals surface area contributed by atoms with Gasteiger partial charge in [0.05, 0.1) is 25.4 Å². The SMILES string of the molecule is COc1ccc(Cl)cc1NC(=O)CN1CCCC1C(=O)N(C)C. The molecule has 1 heterocycles. The average molecular weight is 340 g/mol. The van der Waals surface area contributed by atoms with E-state index in [1.807, 2.05) is 4.90 Å². The number of hydrogen-bond donors (Lipinski definition) is 1. The van der Waals surface area contributed by atoms with Gasteiger partial charge in [0.2, 0.25) is 11.8 Å². The highest BCUT2D eigenvalue weighted by atomic mass is 35.5. The third kappa shape index (κ3) is 4.36. The van der Waals surface area contributed by atoms with Crippen molar-refractivity contribution in [3.05, 3.63) is 23.2 Å². The van der Waals surface area contributed by atoms with Crippen LogP contribution in [-0.2, 0) is 9.59 Å². The molecule has 23 heavy (non-hydrogen) atoms. The number of carbonyl (C=O) groups is 2. The summed E-state index contributed by atoms with van der Waals surface area (Å²) in [6.45, 7) is 0.907. The molecular formula is C16H22ClN3O3. The summed E-state index contributed by atoms with van der Waals surface area (Å²) in [7, 11) is 5.00. The van der Waals surface area contributed by atoms with Crippen molar-refractivity contribution in [2.24, 2.45) is 0 Å². The van der Waals surface area contributed by atoms with E-state index >= 15 is 0 Å². The first-order valence-corrected chi connectivity index (χ1v) is 7.88. The number of nitrogens with one attached hydrogen (secondary N) is 1. The molecule has 2 amide bonds. The molecular weight excluding hydrogens is 318 g/mol. The Balaban J connectivity index is 2.02. The molecule has 126 valence electrons. The second-order valence-corrected chi connectivity index (χ2v) is 6.19. The van der Waals surface area contributed by atoms with Crippen LogP contribution in [0.25, 0.3) is 0 Å². The molecule has 0 bridgehead atoms. The number of anilines is 1. The van der Waals surface area contributed by atoms with E-state index in [1.54, 1.807) is 37.2 Å². The molecule has 0 saturated carbocycles. The number of methoxy groups -OCH3 is 1. The third-order valence-electron chi connectivity index (χ3n) is 3.87. The van der Waals surface area contributed by atoms with Crippen LogP contribution in [0, 0.1) is 0 Å². The monoisotopic (exact) mass is 339 g/mol. The first-order valence-electron chi connectivity index (χ1n) is 7.51. The van der Waals surface area contributed by atoms with E-state index in [1.165, 1.54) is 7.11 Å². The Morgan fingerprint density at radius 1 is 1.43 bits per heavy atom. The Bertz CT molecular complexity index is 592. The molecule has 0 spiro atoms. The van der Waals surface area contributed by atoms with Crippen molar-refractivity contribution in [2.45, 2.75) is 18.9 Å². The topological polar surface area (TPSA) is 61.9 Å². The minimum absolute atomic E-state index is 0.0376. The van der Waals surface area contributed by atoms with Crippen molar-refractivity contribution < 1.29 is 14.3 Å². The standard InChI is InChI=1S/C16H22ClN3O3/c1-19(2)16(22)13-5-4-8-20(13)10-15(21)18-12-9-11(17)6-7-14(12)23-3/h6-7,9,13H,4-5,8,10H2,1-3H3,(H,18,21). The lowest BCUT2D eigenvalue weighted by Gasteiger charge is -2.25. The molecule has 7 heteroatoms. The lowest BCUT2D eigenvalue weighted by Crippen LogP contribution is -2.45. The molecule has 1 saturated heterocycles. The number of likely N-dealkylation sites (N-methyl/N-ethyl adjacent to an activating group) is 1. The first-order chi connectivity index (χ1) is 10.9. The fourth-order valence-electron chi connectivity index (χ4n) is 2.75. The molecule has 1 N–H and O–H groups in total. The number of benzene rings is 1. The molecule has 2 rings (SSSR count). The zero-order valence-electron chi connectivity index (χ0n) is 13.6. The van der Waals surface area contributed by atoms with Gasteiger partial charge < -0.3 is 15.0 Å². The number of ether oxygens (including phenoxy) is 1. The van der Waals surface area contributed by atoms with E-state index in [0.717, 1.165) is 19.4 Å². The summed E-state index contributed by atoms with van der Waals surface area (Å²) in [5, 5.41) is 3.32. The number of hydrogen-bond acceptors (Lipinski definition) is 4. The van der Waals surface area contributed by atoms with Crippen molar-refractivity contribution in [2.75, 3.05) is 39.6 Å². The number of rotatable bonds is 5. The highest BCUT2D eigenvalue weighted by molar-refractivity contribution is 6.31. The van der Waals surface area contributed by atoms with Crippen LogP contribution in [0.4, 0.5) is 5.69 Å². The molecule has 1 aromatic rings. The fraction of sp³-hybridized carbons (Fsp3) is 0.500. The highest BCUT2D eigenvalue weighted by Crippen LogP contribution is 2.28. The van der Waals surface area contributed by atoms with Crippen LogP contribution in [-0.4, -0.2) is 62.0 Å². The zero-order chi connectivity index (χ0) is 17.0. The molecule has 1 aromatic carbocycles. The Morgan fingerprint density at radius 3 is 2.83 bits per heavy atom. The van der Waals surface area contributed by atoms with Crippen LogP contribution in [0.1, 0.15) is 12.8 Å². The van der Waals surface area contributed by atoms with Gasteiger partial charge in [-0.05, 0) is 37.6 Å². The van der Waals surface area contributed by atoms with Crippen molar-refractivity contribution in [1.29, 1.82) is 0 Å². The smallest absolute Gasteiger partial charge is 0.239 e. The number of amides is 2. The molecule has 0 aromatic heterocycles. The summed E-state index contributed by atoms with van der Waals surface area (Å²) in [5.74, 6) is 0.393. The number of nitrogens with zero attached hydrogens (tertiary/aromatic N) is 2. The highest BCUT2D eigenvalue weighted by Gasteiger charge is 2.32. The fourth-order valence-corrected chi connectivity index (χ4v) is 2.92. The van der Waals surface area contributed by atoms with Gasteiger partial charge in [0.1, 0.15) is 5.75 Å². The number of likely N-dealkylation sites (tertiary alicyclic amines) is 1. The Hall–Kier alpha value is -1.79. The van der Waals surface area contributed by atoms with Gasteiger partial charge in [0, 0.05) is 19.1 Å². The summed E-state index contributed by atoms with van der Waals surface area (Å²) in [5.41, 5.74) is 0.527. The largest absolute Gasteiger partial charge is 0.495 e. The minimum atomic E-state index is -0.225. The molecule has 0 aliphatic carbocycles. The van der Waals surface area contributed by atoms with Gasteiger partial charge >= 0.3 is 0 Å². The van der Waals surface area contributed by atoms with Gasteiger partial charge in [-0.25, -0.2) is 0 Å². The molecule has 1 unspecified atom stereocenters. The summed E-state index contributed by atoms with van der Waals surface area (Å²) < 4.78 is 5.21. The number of halogens is 1. The van der Waals surface area contributed by atoms with Crippen LogP contribution < -0.4 is 10.1 Å². The molecule has 1 aliphatic rings. The summed E-state index contributed by atoms with van der Waals surface area (Å²) >= 11 is 5.96. The maximum Gasteiger partial charge on any atom is 0.239 e. The molecule has 6 nitrogen and oxygen atoms in total. The Labute approximate surface area is 141 Å². The van der Waals surface area contributed by atoms with Crippen LogP contribution in [0.2, 0.25) is 5.02 Å². The minimum Gasteiger partial charge on any atom is -0.495 e. The second kappa shape index (κ2) is 7.66. The lowest BCUT2D eigenvalue weighted by molar-refractivity contribution is -0.133. The molecule has 1 aliphatic heterocycles. The van der Waals surface area contributed by atoms with Crippen molar-refractivity contribution in [3.63, 3.8) is 0 Å². The predicted octanol–water partition coefficient (Wildman–Crippen LogP) is 1.84. The van der Waals surface area contributed by atoms with E-state index in [-0.39, 0.29) is 24.4 Å². The third-order valence-corrected chi connectivity index (χ3v) is 4.11. The molecule has 1 fully saturated rings. The number of carbonyl (C=O) groups excluding carboxylic acids is 2. The van der Waals surface area contributed by atoms with Crippen molar-refractivity contribution in [1.82, 2.24) is 9.80 Å². The maximum atomic E-state index is 12.3. The van der Waals surface area contributed by atoms with Gasteiger partial charge in [-0.2, -0.15) is 0 Å². The predicted molar refractivity (Wildman–Crippen MR) is 89.9 cm³/mol. The van der Waals surface area contributed by atoms with Crippen LogP contribution in [0.3, 0.4) is 0 Å².